The Morgan fingerprint density at radius 3 is 2.50 bits per heavy atom. The van der Waals surface area contributed by atoms with Crippen LogP contribution in [0.5, 0.6) is 0 Å². The highest BCUT2D eigenvalue weighted by atomic mass is 19.4. The minimum Gasteiger partial charge on any atom is -0.433 e. The van der Waals surface area contributed by atoms with Crippen molar-refractivity contribution in [2.45, 2.75) is 38.8 Å². The SMILES string of the molecule is CNc1cc(C(C)C)c2oc(-c3ncc(C(=O)NCC4CCN(c5nccc(C(F)(F)F)n5)CC4)cn3)nc2c1. The van der Waals surface area contributed by atoms with Gasteiger partial charge in [-0.1, -0.05) is 13.8 Å². The number of halogens is 3. The number of carbonyl (C=O) groups excluding carboxylic acids is 1. The van der Waals surface area contributed by atoms with Crippen molar-refractivity contribution in [2.24, 2.45) is 5.92 Å². The number of fused-ring (bicyclic) bond motifs is 1. The number of oxazole rings is 1. The van der Waals surface area contributed by atoms with E-state index in [0.29, 0.717) is 49.1 Å². The van der Waals surface area contributed by atoms with Crippen LogP contribution >= 0.6 is 0 Å². The first-order chi connectivity index (χ1) is 19.1. The fraction of sp³-hybridized carbons (Fsp3) is 0.407. The van der Waals surface area contributed by atoms with Crippen molar-refractivity contribution in [1.82, 2.24) is 30.2 Å². The van der Waals surface area contributed by atoms with Crippen molar-refractivity contribution in [3.05, 3.63) is 53.6 Å². The number of aromatic nitrogens is 5. The second-order valence-electron chi connectivity index (χ2n) is 10.0. The van der Waals surface area contributed by atoms with E-state index in [1.807, 2.05) is 19.2 Å². The number of nitrogens with zero attached hydrogens (tertiary/aromatic N) is 6. The van der Waals surface area contributed by atoms with E-state index >= 15 is 0 Å². The molecule has 0 aliphatic carbocycles. The molecule has 0 saturated carbocycles. The van der Waals surface area contributed by atoms with Gasteiger partial charge in [-0.05, 0) is 42.9 Å². The molecule has 4 aromatic rings. The standard InChI is InChI=1S/C27H29F3N8O2/c1-15(2)19-10-18(31-3)11-20-22(19)40-25(36-20)23-33-13-17(14-34-23)24(39)35-12-16-5-8-38(9-6-16)26-32-7-4-21(37-26)27(28,29)30/h4,7,10-11,13-16,31H,5-6,8-9,12H2,1-3H3,(H,35,39). The molecule has 1 aliphatic heterocycles. The first-order valence-corrected chi connectivity index (χ1v) is 13.0. The number of piperidine rings is 1. The Kier molecular flexibility index (Phi) is 7.55. The van der Waals surface area contributed by atoms with Crippen LogP contribution in [0.2, 0.25) is 0 Å². The van der Waals surface area contributed by atoms with Crippen molar-refractivity contribution in [1.29, 1.82) is 0 Å². The summed E-state index contributed by atoms with van der Waals surface area (Å²) in [5.74, 6) is 0.699. The maximum Gasteiger partial charge on any atom is 0.433 e. The molecule has 13 heteroatoms. The zero-order valence-electron chi connectivity index (χ0n) is 22.3. The molecule has 0 atom stereocenters. The van der Waals surface area contributed by atoms with Gasteiger partial charge in [-0.15, -0.1) is 0 Å². The number of alkyl halides is 3. The highest BCUT2D eigenvalue weighted by Gasteiger charge is 2.33. The molecule has 0 spiro atoms. The number of benzene rings is 1. The van der Waals surface area contributed by atoms with Gasteiger partial charge in [0.2, 0.25) is 11.8 Å². The molecule has 40 heavy (non-hydrogen) atoms. The van der Waals surface area contributed by atoms with Gasteiger partial charge >= 0.3 is 6.18 Å². The van der Waals surface area contributed by atoms with Gasteiger partial charge in [0.25, 0.3) is 11.8 Å². The summed E-state index contributed by atoms with van der Waals surface area (Å²) in [4.78, 5) is 35.2. The minimum atomic E-state index is -4.52. The number of nitrogens with one attached hydrogen (secondary N) is 2. The molecule has 4 heterocycles. The largest absolute Gasteiger partial charge is 0.433 e. The highest BCUT2D eigenvalue weighted by Crippen LogP contribution is 2.32. The summed E-state index contributed by atoms with van der Waals surface area (Å²) in [6.45, 7) is 5.58. The van der Waals surface area contributed by atoms with Gasteiger partial charge in [0.1, 0.15) is 11.2 Å². The van der Waals surface area contributed by atoms with Crippen molar-refractivity contribution in [3.63, 3.8) is 0 Å². The molecule has 2 N–H and O–H groups in total. The Hall–Kier alpha value is -4.29. The van der Waals surface area contributed by atoms with E-state index in [9.17, 15) is 18.0 Å². The van der Waals surface area contributed by atoms with Crippen molar-refractivity contribution < 1.29 is 22.4 Å². The fourth-order valence-corrected chi connectivity index (χ4v) is 4.62. The van der Waals surface area contributed by atoms with Gasteiger partial charge in [-0.2, -0.15) is 13.2 Å². The summed E-state index contributed by atoms with van der Waals surface area (Å²) in [5, 5.41) is 6.03. The van der Waals surface area contributed by atoms with E-state index in [1.165, 1.54) is 12.4 Å². The molecule has 0 radical (unpaired) electrons. The second kappa shape index (κ2) is 11.1. The molecule has 1 saturated heterocycles. The second-order valence-corrected chi connectivity index (χ2v) is 10.0. The molecule has 1 fully saturated rings. The quantitative estimate of drug-likeness (QED) is 0.328. The van der Waals surface area contributed by atoms with Crippen LogP contribution in [-0.2, 0) is 6.18 Å². The maximum absolute atomic E-state index is 13.0. The molecule has 1 aliphatic rings. The molecule has 10 nitrogen and oxygen atoms in total. The Morgan fingerprint density at radius 2 is 1.85 bits per heavy atom. The van der Waals surface area contributed by atoms with Crippen LogP contribution < -0.4 is 15.5 Å². The van der Waals surface area contributed by atoms with Gasteiger partial charge in [0.15, 0.2) is 5.58 Å². The van der Waals surface area contributed by atoms with Crippen molar-refractivity contribution >= 4 is 28.6 Å². The molecule has 5 rings (SSSR count). The highest BCUT2D eigenvalue weighted by molar-refractivity contribution is 5.93. The molecule has 0 unspecified atom stereocenters. The van der Waals surface area contributed by atoms with Crippen LogP contribution in [-0.4, -0.2) is 57.5 Å². The molecule has 1 amide bonds. The minimum absolute atomic E-state index is 0.0661. The summed E-state index contributed by atoms with van der Waals surface area (Å²) in [6.07, 6.45) is 0.836. The molecule has 210 valence electrons. The topological polar surface area (TPSA) is 122 Å². The lowest BCUT2D eigenvalue weighted by Crippen LogP contribution is -2.39. The van der Waals surface area contributed by atoms with Crippen LogP contribution in [0, 0.1) is 5.92 Å². The summed E-state index contributed by atoms with van der Waals surface area (Å²) in [6, 6.07) is 4.78. The Balaban J connectivity index is 1.18. The van der Waals surface area contributed by atoms with Crippen molar-refractivity contribution in [2.75, 3.05) is 36.9 Å². The van der Waals surface area contributed by atoms with E-state index < -0.39 is 11.9 Å². The smallest absolute Gasteiger partial charge is 0.433 e. The van der Waals surface area contributed by atoms with Gasteiger partial charge in [0, 0.05) is 56.5 Å². The Bertz CT molecular complexity index is 1500. The molecule has 3 aromatic heterocycles. The lowest BCUT2D eigenvalue weighted by molar-refractivity contribution is -0.141. The number of hydrogen-bond acceptors (Lipinski definition) is 9. The van der Waals surface area contributed by atoms with Crippen LogP contribution in [0.1, 0.15) is 54.2 Å². The van der Waals surface area contributed by atoms with Crippen LogP contribution in [0.4, 0.5) is 24.8 Å². The zero-order valence-corrected chi connectivity index (χ0v) is 22.3. The number of amides is 1. The first-order valence-electron chi connectivity index (χ1n) is 13.0. The van der Waals surface area contributed by atoms with E-state index in [4.69, 9.17) is 4.42 Å². The van der Waals surface area contributed by atoms with E-state index in [2.05, 4.69) is 49.4 Å². The predicted molar refractivity (Wildman–Crippen MR) is 143 cm³/mol. The monoisotopic (exact) mass is 554 g/mol. The molecule has 0 bridgehead atoms. The lowest BCUT2D eigenvalue weighted by atomic mass is 9.97. The average Bonchev–Trinajstić information content (AvgIpc) is 3.39. The molecule has 1 aromatic carbocycles. The molecular formula is C27H29F3N8O2. The summed E-state index contributed by atoms with van der Waals surface area (Å²) in [7, 11) is 1.85. The van der Waals surface area contributed by atoms with E-state index in [1.54, 1.807) is 4.90 Å². The third-order valence-corrected chi connectivity index (χ3v) is 6.92. The Labute approximate surface area is 228 Å². The number of rotatable bonds is 7. The average molecular weight is 555 g/mol. The first kappa shape index (κ1) is 27.3. The fourth-order valence-electron chi connectivity index (χ4n) is 4.62. The van der Waals surface area contributed by atoms with Gasteiger partial charge in [-0.3, -0.25) is 4.79 Å². The van der Waals surface area contributed by atoms with Gasteiger partial charge < -0.3 is 20.0 Å². The number of hydrogen-bond donors (Lipinski definition) is 2. The predicted octanol–water partition coefficient (Wildman–Crippen LogP) is 4.91. The summed E-state index contributed by atoms with van der Waals surface area (Å²) in [5.41, 5.74) is 2.67. The summed E-state index contributed by atoms with van der Waals surface area (Å²) < 4.78 is 44.9. The Morgan fingerprint density at radius 1 is 1.12 bits per heavy atom. The van der Waals surface area contributed by atoms with Gasteiger partial charge in [0.05, 0.1) is 5.56 Å². The van der Waals surface area contributed by atoms with Crippen molar-refractivity contribution in [3.8, 4) is 11.7 Å². The normalized spacial score (nSPS) is 14.6. The summed E-state index contributed by atoms with van der Waals surface area (Å²) >= 11 is 0. The van der Waals surface area contributed by atoms with Crippen LogP contribution in [0.15, 0.2) is 41.2 Å². The number of anilines is 2. The maximum atomic E-state index is 13.0. The zero-order chi connectivity index (χ0) is 28.4. The molecular weight excluding hydrogens is 525 g/mol. The number of carbonyl (C=O) groups is 1. The van der Waals surface area contributed by atoms with E-state index in [0.717, 1.165) is 23.5 Å². The van der Waals surface area contributed by atoms with Crippen LogP contribution in [0.25, 0.3) is 22.8 Å². The van der Waals surface area contributed by atoms with Crippen LogP contribution in [0.3, 0.4) is 0 Å². The van der Waals surface area contributed by atoms with E-state index in [-0.39, 0.29) is 35.4 Å². The third kappa shape index (κ3) is 5.82. The third-order valence-electron chi connectivity index (χ3n) is 6.92. The lowest BCUT2D eigenvalue weighted by Gasteiger charge is -2.32. The van der Waals surface area contributed by atoms with Gasteiger partial charge in [-0.25, -0.2) is 24.9 Å².